The zero-order chi connectivity index (χ0) is 16.8. The van der Waals surface area contributed by atoms with Gasteiger partial charge in [0.2, 0.25) is 5.95 Å². The Bertz CT molecular complexity index is 1070. The van der Waals surface area contributed by atoms with Gasteiger partial charge < -0.3 is 10.4 Å². The molecule has 0 radical (unpaired) electrons. The molecule has 2 N–H and O–H groups in total. The smallest absolute Gasteiger partial charge is 0.241 e. The molecule has 1 saturated carbocycles. The summed E-state index contributed by atoms with van der Waals surface area (Å²) in [5.74, 6) is 0.564. The number of hydrogen-bond acceptors (Lipinski definition) is 7. The number of hydrogen-bond donors (Lipinski definition) is 2. The number of nitrogens with zero attached hydrogens (tertiary/aromatic N) is 6. The van der Waals surface area contributed by atoms with E-state index in [2.05, 4.69) is 30.4 Å². The van der Waals surface area contributed by atoms with Crippen molar-refractivity contribution in [3.8, 4) is 11.1 Å². The van der Waals surface area contributed by atoms with Gasteiger partial charge in [0, 0.05) is 42.0 Å². The molecular weight excluding hydrogens is 318 g/mol. The Morgan fingerprint density at radius 2 is 1.96 bits per heavy atom. The van der Waals surface area contributed by atoms with E-state index < -0.39 is 0 Å². The van der Waals surface area contributed by atoms with Gasteiger partial charge in [-0.05, 0) is 25.0 Å². The molecule has 124 valence electrons. The van der Waals surface area contributed by atoms with E-state index >= 15 is 0 Å². The molecule has 0 amide bonds. The number of fused-ring (bicyclic) bond motifs is 2. The number of aromatic nitrogens is 6. The highest BCUT2D eigenvalue weighted by molar-refractivity contribution is 5.84. The summed E-state index contributed by atoms with van der Waals surface area (Å²) in [4.78, 5) is 17.3. The SMILES string of the molecule is O[C@H]1C[C@@H](Nc2ncc3c(-c4cnc5nccnc5c4)ccn3n2)C1. The monoisotopic (exact) mass is 333 g/mol. The van der Waals surface area contributed by atoms with Crippen LogP contribution in [0, 0.1) is 0 Å². The maximum Gasteiger partial charge on any atom is 0.241 e. The van der Waals surface area contributed by atoms with Gasteiger partial charge in [-0.2, -0.15) is 0 Å². The first kappa shape index (κ1) is 14.2. The second-order valence-electron chi connectivity index (χ2n) is 6.23. The number of rotatable bonds is 3. The van der Waals surface area contributed by atoms with Crippen molar-refractivity contribution in [3.63, 3.8) is 0 Å². The third-order valence-electron chi connectivity index (χ3n) is 4.50. The van der Waals surface area contributed by atoms with Gasteiger partial charge in [0.05, 0.1) is 17.8 Å². The predicted octanol–water partition coefficient (Wildman–Crippen LogP) is 1.67. The highest BCUT2D eigenvalue weighted by Crippen LogP contribution is 2.27. The predicted molar refractivity (Wildman–Crippen MR) is 92.0 cm³/mol. The third kappa shape index (κ3) is 2.47. The zero-order valence-corrected chi connectivity index (χ0v) is 13.2. The minimum absolute atomic E-state index is 0.206. The molecule has 1 fully saturated rings. The van der Waals surface area contributed by atoms with E-state index in [9.17, 15) is 5.11 Å². The first-order valence-corrected chi connectivity index (χ1v) is 8.12. The fraction of sp³-hybridized carbons (Fsp3) is 0.235. The van der Waals surface area contributed by atoms with E-state index in [0.717, 1.165) is 35.0 Å². The second-order valence-corrected chi connectivity index (χ2v) is 6.23. The van der Waals surface area contributed by atoms with E-state index in [-0.39, 0.29) is 12.1 Å². The molecule has 0 atom stereocenters. The van der Waals surface area contributed by atoms with Gasteiger partial charge in [-0.15, -0.1) is 5.10 Å². The van der Waals surface area contributed by atoms with Crippen LogP contribution in [0.3, 0.4) is 0 Å². The fourth-order valence-corrected chi connectivity index (χ4v) is 3.10. The minimum Gasteiger partial charge on any atom is -0.393 e. The maximum absolute atomic E-state index is 9.37. The van der Waals surface area contributed by atoms with Crippen LogP contribution in [0.25, 0.3) is 27.8 Å². The summed E-state index contributed by atoms with van der Waals surface area (Å²) >= 11 is 0. The summed E-state index contributed by atoms with van der Waals surface area (Å²) < 4.78 is 1.79. The lowest BCUT2D eigenvalue weighted by atomic mass is 9.90. The Morgan fingerprint density at radius 1 is 1.08 bits per heavy atom. The molecule has 4 aromatic heterocycles. The Morgan fingerprint density at radius 3 is 2.84 bits per heavy atom. The molecule has 0 spiro atoms. The molecular formula is C17H15N7O. The molecule has 4 aromatic rings. The molecule has 5 rings (SSSR count). The molecule has 8 nitrogen and oxygen atoms in total. The molecule has 0 bridgehead atoms. The number of pyridine rings is 1. The van der Waals surface area contributed by atoms with Gasteiger partial charge in [-0.1, -0.05) is 0 Å². The summed E-state index contributed by atoms with van der Waals surface area (Å²) in [7, 11) is 0. The van der Waals surface area contributed by atoms with Crippen LogP contribution in [0.15, 0.2) is 43.1 Å². The molecule has 1 aliphatic rings. The Balaban J connectivity index is 1.50. The largest absolute Gasteiger partial charge is 0.393 e. The van der Waals surface area contributed by atoms with Crippen molar-refractivity contribution >= 4 is 22.6 Å². The van der Waals surface area contributed by atoms with Crippen LogP contribution in [0.4, 0.5) is 5.95 Å². The van der Waals surface area contributed by atoms with Crippen LogP contribution in [0.5, 0.6) is 0 Å². The molecule has 8 heteroatoms. The summed E-state index contributed by atoms with van der Waals surface area (Å²) in [6.07, 6.45) is 10.0. The third-order valence-corrected chi connectivity index (χ3v) is 4.50. The summed E-state index contributed by atoms with van der Waals surface area (Å²) in [5, 5.41) is 17.1. The van der Waals surface area contributed by atoms with Gasteiger partial charge in [0.25, 0.3) is 0 Å². The quantitative estimate of drug-likeness (QED) is 0.588. The van der Waals surface area contributed by atoms with Gasteiger partial charge in [-0.25, -0.2) is 19.5 Å². The van der Waals surface area contributed by atoms with Gasteiger partial charge in [-0.3, -0.25) is 4.98 Å². The maximum atomic E-state index is 9.37. The fourth-order valence-electron chi connectivity index (χ4n) is 3.10. The van der Waals surface area contributed by atoms with Crippen LogP contribution < -0.4 is 5.32 Å². The Hall–Kier alpha value is -3.13. The summed E-state index contributed by atoms with van der Waals surface area (Å²) in [5.41, 5.74) is 4.21. The summed E-state index contributed by atoms with van der Waals surface area (Å²) in [6, 6.07) is 4.19. The van der Waals surface area contributed by atoms with Crippen molar-refractivity contribution in [3.05, 3.63) is 43.1 Å². The van der Waals surface area contributed by atoms with Crippen molar-refractivity contribution < 1.29 is 5.11 Å². The average molecular weight is 333 g/mol. The molecule has 0 aromatic carbocycles. The molecule has 0 unspecified atom stereocenters. The van der Waals surface area contributed by atoms with Crippen molar-refractivity contribution in [2.75, 3.05) is 5.32 Å². The lowest BCUT2D eigenvalue weighted by molar-refractivity contribution is 0.0833. The van der Waals surface area contributed by atoms with E-state index in [1.807, 2.05) is 18.3 Å². The number of anilines is 1. The van der Waals surface area contributed by atoms with E-state index in [1.54, 1.807) is 29.3 Å². The highest BCUT2D eigenvalue weighted by atomic mass is 16.3. The van der Waals surface area contributed by atoms with Crippen LogP contribution >= 0.6 is 0 Å². The molecule has 4 heterocycles. The number of aliphatic hydroxyl groups excluding tert-OH is 1. The van der Waals surface area contributed by atoms with E-state index in [1.165, 1.54) is 0 Å². The summed E-state index contributed by atoms with van der Waals surface area (Å²) in [6.45, 7) is 0. The van der Waals surface area contributed by atoms with Crippen LogP contribution in [0.1, 0.15) is 12.8 Å². The van der Waals surface area contributed by atoms with Crippen molar-refractivity contribution in [1.29, 1.82) is 0 Å². The number of nitrogens with one attached hydrogen (secondary N) is 1. The number of aliphatic hydroxyl groups is 1. The van der Waals surface area contributed by atoms with Crippen LogP contribution in [-0.2, 0) is 0 Å². The highest BCUT2D eigenvalue weighted by Gasteiger charge is 2.27. The van der Waals surface area contributed by atoms with Gasteiger partial charge in [0.1, 0.15) is 5.52 Å². The normalized spacial score (nSPS) is 19.9. The topological polar surface area (TPSA) is 101 Å². The second kappa shape index (κ2) is 5.45. The minimum atomic E-state index is -0.206. The van der Waals surface area contributed by atoms with E-state index in [4.69, 9.17) is 0 Å². The standard InChI is InChI=1S/C17H15N7O/c25-12-6-11(7-12)22-17-21-9-15-13(1-4-24(15)23-17)10-5-14-16(20-8-10)19-3-2-18-14/h1-5,8-9,11-12,25H,6-7H2,(H,22,23)/t11-,12+. The van der Waals surface area contributed by atoms with Gasteiger partial charge in [0.15, 0.2) is 5.65 Å². The Kier molecular flexibility index (Phi) is 3.10. The van der Waals surface area contributed by atoms with Crippen LogP contribution in [0.2, 0.25) is 0 Å². The molecule has 1 aliphatic carbocycles. The Labute approximate surface area is 142 Å². The van der Waals surface area contributed by atoms with Gasteiger partial charge >= 0.3 is 0 Å². The zero-order valence-electron chi connectivity index (χ0n) is 13.2. The molecule has 25 heavy (non-hydrogen) atoms. The molecule has 0 saturated heterocycles. The van der Waals surface area contributed by atoms with Crippen molar-refractivity contribution in [2.45, 2.75) is 25.0 Å². The lowest BCUT2D eigenvalue weighted by Crippen LogP contribution is -2.39. The van der Waals surface area contributed by atoms with Crippen molar-refractivity contribution in [1.82, 2.24) is 29.5 Å². The van der Waals surface area contributed by atoms with Crippen molar-refractivity contribution in [2.24, 2.45) is 0 Å². The van der Waals surface area contributed by atoms with E-state index in [0.29, 0.717) is 11.6 Å². The van der Waals surface area contributed by atoms with Crippen LogP contribution in [-0.4, -0.2) is 46.8 Å². The lowest BCUT2D eigenvalue weighted by Gasteiger charge is -2.31. The first-order valence-electron chi connectivity index (χ1n) is 8.12. The first-order chi connectivity index (χ1) is 12.3. The molecule has 0 aliphatic heterocycles. The average Bonchev–Trinajstić information content (AvgIpc) is 3.03.